The summed E-state index contributed by atoms with van der Waals surface area (Å²) in [6.45, 7) is 8.38. The number of piperidine rings is 1. The molecule has 0 bridgehead atoms. The first-order valence-corrected chi connectivity index (χ1v) is 10.9. The lowest BCUT2D eigenvalue weighted by Crippen LogP contribution is -2.55. The van der Waals surface area contributed by atoms with Crippen LogP contribution in [0.2, 0.25) is 0 Å². The van der Waals surface area contributed by atoms with Gasteiger partial charge in [-0.1, -0.05) is 0 Å². The van der Waals surface area contributed by atoms with Crippen molar-refractivity contribution in [2.45, 2.75) is 50.4 Å². The Hall–Kier alpha value is -2.14. The molecule has 5 heterocycles. The lowest BCUT2D eigenvalue weighted by Gasteiger charge is -2.43. The maximum absolute atomic E-state index is 9.34. The monoisotopic (exact) mass is 394 g/mol. The number of hydrogen-bond donors (Lipinski definition) is 1. The maximum atomic E-state index is 9.34. The summed E-state index contributed by atoms with van der Waals surface area (Å²) in [6.07, 6.45) is 7.32. The average molecular weight is 395 g/mol. The van der Waals surface area contributed by atoms with E-state index in [9.17, 15) is 5.26 Å². The Labute approximate surface area is 172 Å². The van der Waals surface area contributed by atoms with E-state index in [2.05, 4.69) is 39.3 Å². The van der Waals surface area contributed by atoms with Crippen LogP contribution in [0.4, 0.5) is 5.69 Å². The summed E-state index contributed by atoms with van der Waals surface area (Å²) < 4.78 is 8.06. The van der Waals surface area contributed by atoms with Crippen molar-refractivity contribution in [2.24, 2.45) is 0 Å². The summed E-state index contributed by atoms with van der Waals surface area (Å²) in [5.74, 6) is 0. The van der Waals surface area contributed by atoms with Crippen LogP contribution >= 0.6 is 0 Å². The number of rotatable bonds is 3. The number of fused-ring (bicyclic) bond motifs is 1. The van der Waals surface area contributed by atoms with Gasteiger partial charge >= 0.3 is 0 Å². The van der Waals surface area contributed by atoms with Gasteiger partial charge in [-0.3, -0.25) is 0 Å². The standard InChI is InChI=1S/C22H30N6O/c1-17-14-27(20-4-3-18(13-23)28-21(20)5-10-25-28)16-19(29-17)15-26-11-7-22(8-12-26)6-2-9-24-22/h3-5,10,17,19,24H,2,6-9,11-12,14-16H2,1H3/t17-,19+/m1/s1. The van der Waals surface area contributed by atoms with Crippen molar-refractivity contribution in [3.05, 3.63) is 30.1 Å². The Morgan fingerprint density at radius 3 is 2.86 bits per heavy atom. The number of aromatic nitrogens is 2. The van der Waals surface area contributed by atoms with Gasteiger partial charge < -0.3 is 19.9 Å². The minimum atomic E-state index is 0.181. The first kappa shape index (κ1) is 18.9. The molecule has 2 aromatic rings. The lowest BCUT2D eigenvalue weighted by molar-refractivity contribution is -0.0374. The second-order valence-electron chi connectivity index (χ2n) is 8.93. The largest absolute Gasteiger partial charge is 0.370 e. The van der Waals surface area contributed by atoms with Crippen LogP contribution in [-0.4, -0.2) is 71.5 Å². The van der Waals surface area contributed by atoms with E-state index in [0.29, 0.717) is 11.2 Å². The molecule has 2 aromatic heterocycles. The fraction of sp³-hybridized carbons (Fsp3) is 0.636. The molecule has 0 unspecified atom stereocenters. The molecule has 0 aromatic carbocycles. The zero-order valence-corrected chi connectivity index (χ0v) is 17.2. The first-order chi connectivity index (χ1) is 14.2. The van der Waals surface area contributed by atoms with Crippen LogP contribution in [0.5, 0.6) is 0 Å². The molecule has 3 saturated heterocycles. The molecule has 0 radical (unpaired) electrons. The molecular formula is C22H30N6O. The Balaban J connectivity index is 1.28. The zero-order valence-electron chi connectivity index (χ0n) is 17.2. The van der Waals surface area contributed by atoms with Crippen LogP contribution in [-0.2, 0) is 4.74 Å². The van der Waals surface area contributed by atoms with Crippen molar-refractivity contribution in [3.63, 3.8) is 0 Å². The summed E-state index contributed by atoms with van der Waals surface area (Å²) in [5, 5.41) is 17.4. The van der Waals surface area contributed by atoms with E-state index >= 15 is 0 Å². The molecule has 7 nitrogen and oxygen atoms in total. The number of ether oxygens (including phenoxy) is 1. The molecule has 154 valence electrons. The number of nitrogens with one attached hydrogen (secondary N) is 1. The van der Waals surface area contributed by atoms with Crippen molar-refractivity contribution in [1.82, 2.24) is 19.8 Å². The average Bonchev–Trinajstić information content (AvgIpc) is 3.39. The molecule has 0 saturated carbocycles. The summed E-state index contributed by atoms with van der Waals surface area (Å²) in [6, 6.07) is 8.13. The summed E-state index contributed by atoms with van der Waals surface area (Å²) in [7, 11) is 0. The zero-order chi connectivity index (χ0) is 19.8. The molecule has 3 fully saturated rings. The van der Waals surface area contributed by atoms with E-state index < -0.39 is 0 Å². The lowest BCUT2D eigenvalue weighted by atomic mass is 9.86. The normalized spacial score (nSPS) is 27.5. The minimum absolute atomic E-state index is 0.181. The van der Waals surface area contributed by atoms with Crippen molar-refractivity contribution in [3.8, 4) is 6.07 Å². The van der Waals surface area contributed by atoms with Gasteiger partial charge in [0.05, 0.1) is 29.6 Å². The molecule has 1 N–H and O–H groups in total. The number of morpholine rings is 1. The van der Waals surface area contributed by atoms with Crippen molar-refractivity contribution < 1.29 is 4.74 Å². The molecule has 29 heavy (non-hydrogen) atoms. The van der Waals surface area contributed by atoms with Gasteiger partial charge in [-0.2, -0.15) is 10.4 Å². The first-order valence-electron chi connectivity index (χ1n) is 10.9. The number of nitriles is 1. The van der Waals surface area contributed by atoms with Crippen LogP contribution in [0.3, 0.4) is 0 Å². The number of nitrogens with zero attached hydrogens (tertiary/aromatic N) is 5. The highest BCUT2D eigenvalue weighted by Gasteiger charge is 2.37. The third kappa shape index (κ3) is 3.61. The van der Waals surface area contributed by atoms with Gasteiger partial charge in [0.2, 0.25) is 0 Å². The molecular weight excluding hydrogens is 364 g/mol. The quantitative estimate of drug-likeness (QED) is 0.859. The molecule has 5 rings (SSSR count). The van der Waals surface area contributed by atoms with Gasteiger partial charge in [0.25, 0.3) is 0 Å². The minimum Gasteiger partial charge on any atom is -0.370 e. The predicted octanol–water partition coefficient (Wildman–Crippen LogP) is 2.02. The highest BCUT2D eigenvalue weighted by Crippen LogP contribution is 2.31. The molecule has 0 amide bonds. The van der Waals surface area contributed by atoms with Gasteiger partial charge in [-0.05, 0) is 70.4 Å². The van der Waals surface area contributed by atoms with Crippen LogP contribution < -0.4 is 10.2 Å². The Kier molecular flexibility index (Phi) is 4.94. The number of pyridine rings is 1. The number of likely N-dealkylation sites (tertiary alicyclic amines) is 1. The van der Waals surface area contributed by atoms with Gasteiger partial charge in [-0.25, -0.2) is 4.52 Å². The van der Waals surface area contributed by atoms with Crippen molar-refractivity contribution in [1.29, 1.82) is 5.26 Å². The highest BCUT2D eigenvalue weighted by atomic mass is 16.5. The number of hydrogen-bond acceptors (Lipinski definition) is 6. The summed E-state index contributed by atoms with van der Waals surface area (Å²) in [5.41, 5.74) is 3.10. The molecule has 2 atom stereocenters. The van der Waals surface area contributed by atoms with Crippen LogP contribution in [0, 0.1) is 11.3 Å². The molecule has 3 aliphatic rings. The maximum Gasteiger partial charge on any atom is 0.142 e. The summed E-state index contributed by atoms with van der Waals surface area (Å²) in [4.78, 5) is 4.99. The van der Waals surface area contributed by atoms with E-state index in [1.807, 2.05) is 12.1 Å². The van der Waals surface area contributed by atoms with Gasteiger partial charge in [0.15, 0.2) is 0 Å². The highest BCUT2D eigenvalue weighted by molar-refractivity contribution is 5.74. The van der Waals surface area contributed by atoms with E-state index in [0.717, 1.165) is 43.9 Å². The van der Waals surface area contributed by atoms with E-state index in [-0.39, 0.29) is 12.2 Å². The third-order valence-corrected chi connectivity index (χ3v) is 6.92. The van der Waals surface area contributed by atoms with Crippen molar-refractivity contribution >= 4 is 11.2 Å². The van der Waals surface area contributed by atoms with Gasteiger partial charge in [0.1, 0.15) is 11.8 Å². The van der Waals surface area contributed by atoms with E-state index in [1.165, 1.54) is 32.2 Å². The second kappa shape index (κ2) is 7.60. The molecule has 7 heteroatoms. The number of anilines is 1. The Bertz CT molecular complexity index is 902. The predicted molar refractivity (Wildman–Crippen MR) is 112 cm³/mol. The second-order valence-corrected chi connectivity index (χ2v) is 8.93. The third-order valence-electron chi connectivity index (χ3n) is 6.92. The van der Waals surface area contributed by atoms with Gasteiger partial charge in [-0.15, -0.1) is 0 Å². The molecule has 0 aliphatic carbocycles. The molecule has 1 spiro atoms. The van der Waals surface area contributed by atoms with Crippen LogP contribution in [0.1, 0.15) is 38.3 Å². The molecule has 3 aliphatic heterocycles. The fourth-order valence-corrected chi connectivity index (χ4v) is 5.45. The SMILES string of the molecule is C[C@@H]1CN(c2ccc(C#N)n3nccc23)C[C@H](CN2CCC3(CCCN3)CC2)O1. The van der Waals surface area contributed by atoms with Gasteiger partial charge in [0, 0.05) is 25.2 Å². The van der Waals surface area contributed by atoms with E-state index in [4.69, 9.17) is 4.74 Å². The fourth-order valence-electron chi connectivity index (χ4n) is 5.45. The Morgan fingerprint density at radius 1 is 1.24 bits per heavy atom. The van der Waals surface area contributed by atoms with Crippen LogP contribution in [0.25, 0.3) is 5.52 Å². The Morgan fingerprint density at radius 2 is 2.10 bits per heavy atom. The smallest absolute Gasteiger partial charge is 0.142 e. The topological polar surface area (TPSA) is 68.8 Å². The van der Waals surface area contributed by atoms with Crippen molar-refractivity contribution in [2.75, 3.05) is 44.2 Å². The summed E-state index contributed by atoms with van der Waals surface area (Å²) >= 11 is 0. The van der Waals surface area contributed by atoms with Crippen LogP contribution in [0.15, 0.2) is 24.4 Å². The van der Waals surface area contributed by atoms with E-state index in [1.54, 1.807) is 10.7 Å².